The molecule has 1 heterocycles. The Morgan fingerprint density at radius 3 is 2.95 bits per heavy atom. The van der Waals surface area contributed by atoms with Crippen LogP contribution in [-0.2, 0) is 11.3 Å². The van der Waals surface area contributed by atoms with Crippen LogP contribution in [0.2, 0.25) is 0 Å². The number of ether oxygens (including phenoxy) is 1. The monoisotopic (exact) mass is 277 g/mol. The number of non-ortho nitro benzene ring substituents is 1. The van der Waals surface area contributed by atoms with Crippen molar-refractivity contribution in [3.05, 3.63) is 50.9 Å². The van der Waals surface area contributed by atoms with Crippen molar-refractivity contribution < 1.29 is 9.66 Å². The largest absolute Gasteiger partial charge is 0.377 e. The minimum absolute atomic E-state index is 0.0296. The van der Waals surface area contributed by atoms with Crippen molar-refractivity contribution in [1.29, 1.82) is 0 Å². The average molecular weight is 277 g/mol. The predicted molar refractivity (Wildman–Crippen MR) is 72.2 cm³/mol. The number of nitrogens with zero attached hydrogens (tertiary/aromatic N) is 2. The highest BCUT2D eigenvalue weighted by Crippen LogP contribution is 2.22. The summed E-state index contributed by atoms with van der Waals surface area (Å²) >= 11 is 5.07. The van der Waals surface area contributed by atoms with Crippen LogP contribution in [0.1, 0.15) is 5.82 Å². The van der Waals surface area contributed by atoms with Crippen LogP contribution in [0, 0.1) is 14.8 Å². The van der Waals surface area contributed by atoms with Crippen LogP contribution in [0.25, 0.3) is 11.3 Å². The van der Waals surface area contributed by atoms with Crippen LogP contribution in [0.15, 0.2) is 30.3 Å². The first kappa shape index (κ1) is 13.3. The lowest BCUT2D eigenvalue weighted by atomic mass is 10.1. The minimum atomic E-state index is -0.435. The molecule has 0 saturated heterocycles. The zero-order valence-corrected chi connectivity index (χ0v) is 10.9. The molecule has 1 aromatic heterocycles. The van der Waals surface area contributed by atoms with Crippen molar-refractivity contribution in [3.8, 4) is 11.3 Å². The third-order valence-corrected chi connectivity index (χ3v) is 2.65. The van der Waals surface area contributed by atoms with Gasteiger partial charge in [-0.15, -0.1) is 0 Å². The molecule has 2 aromatic rings. The number of hydrogen-bond acceptors (Lipinski definition) is 5. The molecule has 1 N–H and O–H groups in total. The number of aromatic nitrogens is 2. The molecule has 6 nitrogen and oxygen atoms in total. The van der Waals surface area contributed by atoms with E-state index in [0.717, 1.165) is 0 Å². The zero-order valence-electron chi connectivity index (χ0n) is 10.1. The number of nitro benzene ring substituents is 1. The molecule has 0 saturated carbocycles. The first-order chi connectivity index (χ1) is 9.10. The van der Waals surface area contributed by atoms with Gasteiger partial charge in [0.2, 0.25) is 0 Å². The molecule has 98 valence electrons. The molecule has 0 amide bonds. The molecule has 0 atom stereocenters. The van der Waals surface area contributed by atoms with Gasteiger partial charge < -0.3 is 9.72 Å². The van der Waals surface area contributed by atoms with Gasteiger partial charge in [-0.05, 0) is 6.07 Å². The number of benzene rings is 1. The normalized spacial score (nSPS) is 10.4. The molecular formula is C12H11N3O3S. The Morgan fingerprint density at radius 1 is 1.47 bits per heavy atom. The highest BCUT2D eigenvalue weighted by atomic mass is 32.1. The SMILES string of the molecule is COCc1nc(=S)cc(-c2cccc([N+](=O)[O-])c2)[nH]1. The van der Waals surface area contributed by atoms with E-state index >= 15 is 0 Å². The number of hydrogen-bond donors (Lipinski definition) is 1. The smallest absolute Gasteiger partial charge is 0.270 e. The van der Waals surface area contributed by atoms with E-state index in [9.17, 15) is 10.1 Å². The number of rotatable bonds is 4. The van der Waals surface area contributed by atoms with Crippen LogP contribution in [0.4, 0.5) is 5.69 Å². The molecule has 0 aliphatic rings. The summed E-state index contributed by atoms with van der Waals surface area (Å²) in [7, 11) is 1.55. The number of nitrogens with one attached hydrogen (secondary N) is 1. The van der Waals surface area contributed by atoms with Gasteiger partial charge in [0.25, 0.3) is 5.69 Å². The molecule has 0 fully saturated rings. The second kappa shape index (κ2) is 5.68. The zero-order chi connectivity index (χ0) is 13.8. The maximum Gasteiger partial charge on any atom is 0.270 e. The van der Waals surface area contributed by atoms with Crippen molar-refractivity contribution in [2.45, 2.75) is 6.61 Å². The third-order valence-electron chi connectivity index (χ3n) is 2.44. The summed E-state index contributed by atoms with van der Waals surface area (Å²) in [5.74, 6) is 0.580. The Hall–Kier alpha value is -2.12. The predicted octanol–water partition coefficient (Wildman–Crippen LogP) is 2.86. The van der Waals surface area contributed by atoms with Crippen molar-refractivity contribution >= 4 is 17.9 Å². The van der Waals surface area contributed by atoms with Crippen molar-refractivity contribution in [3.63, 3.8) is 0 Å². The summed E-state index contributed by atoms with van der Waals surface area (Å²) < 4.78 is 5.40. The maximum atomic E-state index is 10.8. The molecular weight excluding hydrogens is 266 g/mol. The highest BCUT2D eigenvalue weighted by molar-refractivity contribution is 7.71. The molecule has 0 radical (unpaired) electrons. The number of H-pyrrole nitrogens is 1. The Balaban J connectivity index is 2.49. The highest BCUT2D eigenvalue weighted by Gasteiger charge is 2.08. The number of aromatic amines is 1. The van der Waals surface area contributed by atoms with E-state index in [4.69, 9.17) is 17.0 Å². The van der Waals surface area contributed by atoms with Gasteiger partial charge in [0.15, 0.2) is 0 Å². The number of nitro groups is 1. The molecule has 0 unspecified atom stereocenters. The van der Waals surface area contributed by atoms with E-state index in [-0.39, 0.29) is 5.69 Å². The van der Waals surface area contributed by atoms with E-state index in [0.29, 0.717) is 28.3 Å². The van der Waals surface area contributed by atoms with Crippen LogP contribution < -0.4 is 0 Å². The summed E-state index contributed by atoms with van der Waals surface area (Å²) in [4.78, 5) is 17.5. The summed E-state index contributed by atoms with van der Waals surface area (Å²) in [5, 5.41) is 10.8. The van der Waals surface area contributed by atoms with Crippen molar-refractivity contribution in [1.82, 2.24) is 9.97 Å². The van der Waals surface area contributed by atoms with Crippen LogP contribution >= 0.6 is 12.2 Å². The molecule has 2 rings (SSSR count). The van der Waals surface area contributed by atoms with E-state index < -0.39 is 4.92 Å². The number of methoxy groups -OCH3 is 1. The molecule has 0 aliphatic heterocycles. The summed E-state index contributed by atoms with van der Waals surface area (Å²) in [6, 6.07) is 7.98. The molecule has 1 aromatic carbocycles. The molecule has 0 spiro atoms. The van der Waals surface area contributed by atoms with Gasteiger partial charge in [0.05, 0.1) is 4.92 Å². The second-order valence-corrected chi connectivity index (χ2v) is 4.24. The first-order valence-corrected chi connectivity index (χ1v) is 5.85. The molecule has 19 heavy (non-hydrogen) atoms. The lowest BCUT2D eigenvalue weighted by molar-refractivity contribution is -0.384. The Kier molecular flexibility index (Phi) is 3.98. The summed E-state index contributed by atoms with van der Waals surface area (Å²) in [6.45, 7) is 0.298. The minimum Gasteiger partial charge on any atom is -0.377 e. The average Bonchev–Trinajstić information content (AvgIpc) is 2.38. The fraction of sp³-hybridized carbons (Fsp3) is 0.167. The van der Waals surface area contributed by atoms with Crippen LogP contribution in [0.5, 0.6) is 0 Å². The van der Waals surface area contributed by atoms with Crippen molar-refractivity contribution in [2.24, 2.45) is 0 Å². The fourth-order valence-corrected chi connectivity index (χ4v) is 1.88. The summed E-state index contributed by atoms with van der Waals surface area (Å²) in [5.41, 5.74) is 1.39. The third kappa shape index (κ3) is 3.21. The molecule has 0 aliphatic carbocycles. The lowest BCUT2D eigenvalue weighted by Gasteiger charge is -2.05. The molecule has 0 bridgehead atoms. The lowest BCUT2D eigenvalue weighted by Crippen LogP contribution is -1.99. The van der Waals surface area contributed by atoms with Gasteiger partial charge in [0.1, 0.15) is 17.1 Å². The van der Waals surface area contributed by atoms with Crippen LogP contribution in [-0.4, -0.2) is 22.0 Å². The van der Waals surface area contributed by atoms with E-state index in [2.05, 4.69) is 9.97 Å². The van der Waals surface area contributed by atoms with Gasteiger partial charge in [-0.25, -0.2) is 4.98 Å². The van der Waals surface area contributed by atoms with Gasteiger partial charge in [-0.1, -0.05) is 24.4 Å². The topological polar surface area (TPSA) is 81.1 Å². The van der Waals surface area contributed by atoms with E-state index in [1.807, 2.05) is 0 Å². The van der Waals surface area contributed by atoms with Gasteiger partial charge in [-0.2, -0.15) is 0 Å². The van der Waals surface area contributed by atoms with Crippen molar-refractivity contribution in [2.75, 3.05) is 7.11 Å². The fourth-order valence-electron chi connectivity index (χ4n) is 1.66. The van der Waals surface area contributed by atoms with E-state index in [1.165, 1.54) is 12.1 Å². The second-order valence-electron chi connectivity index (χ2n) is 3.82. The Bertz CT molecular complexity index is 669. The van der Waals surface area contributed by atoms with Crippen LogP contribution in [0.3, 0.4) is 0 Å². The quantitative estimate of drug-likeness (QED) is 0.528. The Morgan fingerprint density at radius 2 is 2.26 bits per heavy atom. The summed E-state index contributed by atoms with van der Waals surface area (Å²) in [6.07, 6.45) is 0. The van der Waals surface area contributed by atoms with E-state index in [1.54, 1.807) is 25.3 Å². The standard InChI is InChI=1S/C12H11N3O3S/c1-18-7-11-13-10(6-12(19)14-11)8-3-2-4-9(5-8)15(16)17/h2-6H,7H2,1H3,(H,13,14,19). The van der Waals surface area contributed by atoms with Gasteiger partial charge in [0, 0.05) is 30.5 Å². The Labute approximate surface area is 114 Å². The molecule has 7 heteroatoms. The van der Waals surface area contributed by atoms with Gasteiger partial charge >= 0.3 is 0 Å². The maximum absolute atomic E-state index is 10.8. The van der Waals surface area contributed by atoms with Gasteiger partial charge in [-0.3, -0.25) is 10.1 Å². The first-order valence-electron chi connectivity index (χ1n) is 5.44.